The molecule has 0 saturated carbocycles. The van der Waals surface area contributed by atoms with E-state index >= 15 is 0 Å². The fourth-order valence-electron chi connectivity index (χ4n) is 2.80. The average Bonchev–Trinajstić information content (AvgIpc) is 2.82. The number of hydrogen-bond donors (Lipinski definition) is 1. The molecular weight excluding hydrogens is 222 g/mol. The van der Waals surface area contributed by atoms with Crippen molar-refractivity contribution < 1.29 is 4.79 Å². The van der Waals surface area contributed by atoms with Crippen LogP contribution < -0.4 is 5.73 Å². The Morgan fingerprint density at radius 3 is 2.61 bits per heavy atom. The Labute approximate surface area is 106 Å². The first-order valence-electron chi connectivity index (χ1n) is 6.23. The van der Waals surface area contributed by atoms with E-state index in [1.807, 2.05) is 18.2 Å². The molecule has 1 aliphatic carbocycles. The summed E-state index contributed by atoms with van der Waals surface area (Å²) in [5, 5.41) is 0. The summed E-state index contributed by atoms with van der Waals surface area (Å²) in [6.07, 6.45) is 2.14. The Morgan fingerprint density at radius 2 is 1.89 bits per heavy atom. The molecule has 1 atom stereocenters. The minimum Gasteiger partial charge on any atom is -0.366 e. The summed E-state index contributed by atoms with van der Waals surface area (Å²) in [5.41, 5.74) is 9.88. The second-order valence-corrected chi connectivity index (χ2v) is 4.78. The first-order valence-corrected chi connectivity index (χ1v) is 6.23. The van der Waals surface area contributed by atoms with Gasteiger partial charge in [0.15, 0.2) is 0 Å². The fraction of sp³-hybridized carbons (Fsp3) is 0.188. The second kappa shape index (κ2) is 4.30. The van der Waals surface area contributed by atoms with Crippen LogP contribution in [0.25, 0.3) is 0 Å². The highest BCUT2D eigenvalue weighted by Crippen LogP contribution is 2.38. The molecular formula is C16H15NO. The predicted molar refractivity (Wildman–Crippen MR) is 71.6 cm³/mol. The van der Waals surface area contributed by atoms with Crippen molar-refractivity contribution in [3.8, 4) is 0 Å². The number of aryl methyl sites for hydroxylation is 1. The topological polar surface area (TPSA) is 43.1 Å². The van der Waals surface area contributed by atoms with Crippen LogP contribution in [0, 0.1) is 0 Å². The summed E-state index contributed by atoms with van der Waals surface area (Å²) in [6, 6.07) is 16.4. The van der Waals surface area contributed by atoms with Crippen molar-refractivity contribution in [2.24, 2.45) is 5.73 Å². The third kappa shape index (κ3) is 1.80. The number of hydrogen-bond acceptors (Lipinski definition) is 1. The highest BCUT2D eigenvalue weighted by molar-refractivity contribution is 5.93. The van der Waals surface area contributed by atoms with Gasteiger partial charge in [-0.3, -0.25) is 4.79 Å². The van der Waals surface area contributed by atoms with Crippen molar-refractivity contribution in [3.63, 3.8) is 0 Å². The standard InChI is InChI=1S/C16H15NO/c17-16(18)13-7-9-15-12(10-13)6-8-14(15)11-4-2-1-3-5-11/h1-5,7,9-10,14H,6,8H2,(H2,17,18). The number of carbonyl (C=O) groups excluding carboxylic acids is 1. The van der Waals surface area contributed by atoms with Gasteiger partial charge in [0.05, 0.1) is 0 Å². The average molecular weight is 237 g/mol. The molecule has 1 aliphatic rings. The van der Waals surface area contributed by atoms with E-state index in [4.69, 9.17) is 5.73 Å². The minimum absolute atomic E-state index is 0.346. The number of amides is 1. The first-order chi connectivity index (χ1) is 8.75. The number of carbonyl (C=O) groups is 1. The van der Waals surface area contributed by atoms with Crippen LogP contribution in [0.2, 0.25) is 0 Å². The first kappa shape index (κ1) is 11.0. The summed E-state index contributed by atoms with van der Waals surface area (Å²) in [7, 11) is 0. The fourth-order valence-corrected chi connectivity index (χ4v) is 2.80. The summed E-state index contributed by atoms with van der Waals surface area (Å²) in [6.45, 7) is 0. The normalized spacial score (nSPS) is 17.4. The van der Waals surface area contributed by atoms with Crippen molar-refractivity contribution >= 4 is 5.91 Å². The van der Waals surface area contributed by atoms with Gasteiger partial charge in [-0.15, -0.1) is 0 Å². The maximum atomic E-state index is 11.2. The molecule has 18 heavy (non-hydrogen) atoms. The van der Waals surface area contributed by atoms with Crippen LogP contribution in [0.4, 0.5) is 0 Å². The van der Waals surface area contributed by atoms with Crippen LogP contribution in [0.1, 0.15) is 39.4 Å². The van der Waals surface area contributed by atoms with Crippen molar-refractivity contribution in [2.45, 2.75) is 18.8 Å². The number of benzene rings is 2. The molecule has 2 N–H and O–H groups in total. The van der Waals surface area contributed by atoms with Gasteiger partial charge in [-0.1, -0.05) is 36.4 Å². The Kier molecular flexibility index (Phi) is 2.63. The van der Waals surface area contributed by atoms with E-state index in [0.717, 1.165) is 12.8 Å². The smallest absolute Gasteiger partial charge is 0.248 e. The number of primary amides is 1. The van der Waals surface area contributed by atoms with Crippen molar-refractivity contribution in [1.29, 1.82) is 0 Å². The predicted octanol–water partition coefficient (Wildman–Crippen LogP) is 2.86. The van der Waals surface area contributed by atoms with Gasteiger partial charge in [0.25, 0.3) is 0 Å². The highest BCUT2D eigenvalue weighted by atomic mass is 16.1. The van der Waals surface area contributed by atoms with Gasteiger partial charge in [0.2, 0.25) is 5.91 Å². The number of nitrogens with two attached hydrogens (primary N) is 1. The Hall–Kier alpha value is -2.09. The lowest BCUT2D eigenvalue weighted by Gasteiger charge is -2.12. The summed E-state index contributed by atoms with van der Waals surface area (Å²) in [4.78, 5) is 11.2. The zero-order valence-corrected chi connectivity index (χ0v) is 10.1. The van der Waals surface area contributed by atoms with Crippen LogP contribution in [0.5, 0.6) is 0 Å². The van der Waals surface area contributed by atoms with E-state index in [1.54, 1.807) is 0 Å². The molecule has 0 fully saturated rings. The number of fused-ring (bicyclic) bond motifs is 1. The molecule has 0 aliphatic heterocycles. The van der Waals surface area contributed by atoms with Gasteiger partial charge in [-0.25, -0.2) is 0 Å². The third-order valence-electron chi connectivity index (χ3n) is 3.71. The molecule has 1 unspecified atom stereocenters. The molecule has 0 radical (unpaired) electrons. The molecule has 3 rings (SSSR count). The Morgan fingerprint density at radius 1 is 1.11 bits per heavy atom. The maximum absolute atomic E-state index is 11.2. The third-order valence-corrected chi connectivity index (χ3v) is 3.71. The molecule has 2 aromatic carbocycles. The lowest BCUT2D eigenvalue weighted by molar-refractivity contribution is 0.1000. The quantitative estimate of drug-likeness (QED) is 0.857. The van der Waals surface area contributed by atoms with Crippen LogP contribution in [-0.2, 0) is 6.42 Å². The van der Waals surface area contributed by atoms with Gasteiger partial charge in [0.1, 0.15) is 0 Å². The SMILES string of the molecule is NC(=O)c1ccc2c(c1)CCC2c1ccccc1. The molecule has 2 nitrogen and oxygen atoms in total. The van der Waals surface area contributed by atoms with Gasteiger partial charge < -0.3 is 5.73 Å². The molecule has 2 aromatic rings. The van der Waals surface area contributed by atoms with Gasteiger partial charge >= 0.3 is 0 Å². The molecule has 2 heteroatoms. The van der Waals surface area contributed by atoms with Gasteiger partial charge in [0, 0.05) is 11.5 Å². The highest BCUT2D eigenvalue weighted by Gasteiger charge is 2.24. The molecule has 90 valence electrons. The largest absolute Gasteiger partial charge is 0.366 e. The molecule has 0 aromatic heterocycles. The van der Waals surface area contributed by atoms with E-state index in [2.05, 4.69) is 30.3 Å². The molecule has 1 amide bonds. The van der Waals surface area contributed by atoms with E-state index in [1.165, 1.54) is 16.7 Å². The molecule has 0 saturated heterocycles. The zero-order valence-electron chi connectivity index (χ0n) is 10.1. The van der Waals surface area contributed by atoms with Crippen LogP contribution in [0.15, 0.2) is 48.5 Å². The van der Waals surface area contributed by atoms with Gasteiger partial charge in [-0.2, -0.15) is 0 Å². The Bertz CT molecular complexity index is 589. The lowest BCUT2D eigenvalue weighted by atomic mass is 9.92. The van der Waals surface area contributed by atoms with Crippen LogP contribution in [0.3, 0.4) is 0 Å². The van der Waals surface area contributed by atoms with Crippen LogP contribution >= 0.6 is 0 Å². The van der Waals surface area contributed by atoms with Crippen LogP contribution in [-0.4, -0.2) is 5.91 Å². The zero-order chi connectivity index (χ0) is 12.5. The lowest BCUT2D eigenvalue weighted by Crippen LogP contribution is -2.11. The minimum atomic E-state index is -0.346. The van der Waals surface area contributed by atoms with E-state index in [0.29, 0.717) is 11.5 Å². The molecule has 0 heterocycles. The van der Waals surface area contributed by atoms with Crippen molar-refractivity contribution in [2.75, 3.05) is 0 Å². The molecule has 0 bridgehead atoms. The van der Waals surface area contributed by atoms with E-state index < -0.39 is 0 Å². The van der Waals surface area contributed by atoms with Gasteiger partial charge in [-0.05, 0) is 41.7 Å². The second-order valence-electron chi connectivity index (χ2n) is 4.78. The van der Waals surface area contributed by atoms with E-state index in [-0.39, 0.29) is 5.91 Å². The number of rotatable bonds is 2. The molecule has 0 spiro atoms. The van der Waals surface area contributed by atoms with Crippen molar-refractivity contribution in [3.05, 3.63) is 70.8 Å². The van der Waals surface area contributed by atoms with E-state index in [9.17, 15) is 4.79 Å². The summed E-state index contributed by atoms with van der Waals surface area (Å²) in [5.74, 6) is 0.115. The summed E-state index contributed by atoms with van der Waals surface area (Å²) < 4.78 is 0. The van der Waals surface area contributed by atoms with Crippen molar-refractivity contribution in [1.82, 2.24) is 0 Å². The monoisotopic (exact) mass is 237 g/mol. The maximum Gasteiger partial charge on any atom is 0.248 e. The Balaban J connectivity index is 2.00. The summed E-state index contributed by atoms with van der Waals surface area (Å²) >= 11 is 0.